The summed E-state index contributed by atoms with van der Waals surface area (Å²) in [5.41, 5.74) is 0. The minimum atomic E-state index is -0.0925. The summed E-state index contributed by atoms with van der Waals surface area (Å²) < 4.78 is 5.33. The van der Waals surface area contributed by atoms with E-state index in [4.69, 9.17) is 22.1 Å². The molecule has 0 aromatic carbocycles. The van der Waals surface area contributed by atoms with E-state index < -0.39 is 0 Å². The molecule has 82 valence electrons. The molecule has 0 aromatic heterocycles. The second kappa shape index (κ2) is 6.16. The van der Waals surface area contributed by atoms with Crippen LogP contribution >= 0.6 is 12.2 Å². The highest BCUT2D eigenvalue weighted by atomic mass is 32.1. The molecule has 1 aliphatic rings. The third kappa shape index (κ3) is 3.40. The van der Waals surface area contributed by atoms with Crippen LogP contribution in [0.3, 0.4) is 0 Å². The van der Waals surface area contributed by atoms with Gasteiger partial charge in [0.15, 0.2) is 5.11 Å². The molecular weight excluding hydrogens is 200 g/mol. The van der Waals surface area contributed by atoms with Gasteiger partial charge in [-0.1, -0.05) is 6.92 Å². The zero-order valence-electron chi connectivity index (χ0n) is 8.53. The SMILES string of the molecule is CCCNC(=S)N1CCOC(CO)C1. The fourth-order valence-corrected chi connectivity index (χ4v) is 1.63. The Kier molecular flexibility index (Phi) is 5.14. The lowest BCUT2D eigenvalue weighted by molar-refractivity contribution is -0.0342. The van der Waals surface area contributed by atoms with Crippen molar-refractivity contribution in [3.05, 3.63) is 0 Å². The van der Waals surface area contributed by atoms with Crippen molar-refractivity contribution in [1.29, 1.82) is 0 Å². The maximum Gasteiger partial charge on any atom is 0.169 e. The summed E-state index contributed by atoms with van der Waals surface area (Å²) >= 11 is 5.22. The Hall–Kier alpha value is -0.390. The number of thiocarbonyl (C=S) groups is 1. The number of nitrogens with zero attached hydrogens (tertiary/aromatic N) is 1. The molecule has 0 spiro atoms. The van der Waals surface area contributed by atoms with E-state index in [0.29, 0.717) is 13.2 Å². The molecule has 0 radical (unpaired) electrons. The molecule has 1 rings (SSSR count). The summed E-state index contributed by atoms with van der Waals surface area (Å²) in [6.45, 7) is 5.20. The number of hydrogen-bond acceptors (Lipinski definition) is 3. The Balaban J connectivity index is 2.31. The fourth-order valence-electron chi connectivity index (χ4n) is 1.36. The number of nitrogens with one attached hydrogen (secondary N) is 1. The number of hydrogen-bond donors (Lipinski definition) is 2. The maximum atomic E-state index is 8.95. The first-order chi connectivity index (χ1) is 6.77. The van der Waals surface area contributed by atoms with E-state index >= 15 is 0 Å². The molecule has 14 heavy (non-hydrogen) atoms. The van der Waals surface area contributed by atoms with Gasteiger partial charge in [0, 0.05) is 19.6 Å². The van der Waals surface area contributed by atoms with Gasteiger partial charge < -0.3 is 20.1 Å². The summed E-state index contributed by atoms with van der Waals surface area (Å²) in [6.07, 6.45) is 0.971. The van der Waals surface area contributed by atoms with Crippen molar-refractivity contribution in [2.24, 2.45) is 0 Å². The smallest absolute Gasteiger partial charge is 0.169 e. The molecule has 0 saturated carbocycles. The third-order valence-electron chi connectivity index (χ3n) is 2.16. The van der Waals surface area contributed by atoms with Crippen molar-refractivity contribution >= 4 is 17.3 Å². The zero-order chi connectivity index (χ0) is 10.4. The minimum Gasteiger partial charge on any atom is -0.394 e. The van der Waals surface area contributed by atoms with Crippen LogP contribution in [0.25, 0.3) is 0 Å². The lowest BCUT2D eigenvalue weighted by atomic mass is 10.3. The second-order valence-corrected chi connectivity index (χ2v) is 3.74. The van der Waals surface area contributed by atoms with Crippen LogP contribution in [0.4, 0.5) is 0 Å². The van der Waals surface area contributed by atoms with Crippen LogP contribution < -0.4 is 5.32 Å². The van der Waals surface area contributed by atoms with Gasteiger partial charge in [0.25, 0.3) is 0 Å². The number of morpholine rings is 1. The van der Waals surface area contributed by atoms with Gasteiger partial charge in [-0.25, -0.2) is 0 Å². The molecule has 1 atom stereocenters. The van der Waals surface area contributed by atoms with Crippen LogP contribution in [-0.2, 0) is 4.74 Å². The molecule has 4 nitrogen and oxygen atoms in total. The van der Waals surface area contributed by atoms with Gasteiger partial charge in [0.05, 0.1) is 19.3 Å². The fraction of sp³-hybridized carbons (Fsp3) is 0.889. The highest BCUT2D eigenvalue weighted by Crippen LogP contribution is 2.04. The molecule has 0 amide bonds. The number of rotatable bonds is 3. The Morgan fingerprint density at radius 2 is 2.50 bits per heavy atom. The summed E-state index contributed by atoms with van der Waals surface area (Å²) in [5, 5.41) is 12.9. The minimum absolute atomic E-state index is 0.0624. The van der Waals surface area contributed by atoms with Crippen LogP contribution in [0.5, 0.6) is 0 Å². The van der Waals surface area contributed by atoms with E-state index in [9.17, 15) is 0 Å². The Labute approximate surface area is 90.2 Å². The first-order valence-electron chi connectivity index (χ1n) is 5.03. The second-order valence-electron chi connectivity index (χ2n) is 3.35. The molecular formula is C9H18N2O2S. The molecule has 1 heterocycles. The van der Waals surface area contributed by atoms with Gasteiger partial charge in [0.1, 0.15) is 0 Å². The van der Waals surface area contributed by atoms with Crippen LogP contribution in [0.1, 0.15) is 13.3 Å². The molecule has 0 aromatic rings. The Bertz CT molecular complexity index is 190. The average Bonchev–Trinajstić information content (AvgIpc) is 2.26. The first kappa shape index (κ1) is 11.7. The van der Waals surface area contributed by atoms with Gasteiger partial charge >= 0.3 is 0 Å². The number of aliphatic hydroxyl groups is 1. The Morgan fingerprint density at radius 1 is 1.71 bits per heavy atom. The summed E-state index contributed by atoms with van der Waals surface area (Å²) in [6, 6.07) is 0. The number of ether oxygens (including phenoxy) is 1. The molecule has 1 aliphatic heterocycles. The third-order valence-corrected chi connectivity index (χ3v) is 2.56. The zero-order valence-corrected chi connectivity index (χ0v) is 9.35. The van der Waals surface area contributed by atoms with Crippen molar-refractivity contribution in [1.82, 2.24) is 10.2 Å². The first-order valence-corrected chi connectivity index (χ1v) is 5.44. The van der Waals surface area contributed by atoms with E-state index in [0.717, 1.165) is 24.6 Å². The highest BCUT2D eigenvalue weighted by Gasteiger charge is 2.20. The predicted molar refractivity (Wildman–Crippen MR) is 59.3 cm³/mol. The quantitative estimate of drug-likeness (QED) is 0.651. The van der Waals surface area contributed by atoms with E-state index in [2.05, 4.69) is 17.1 Å². The van der Waals surface area contributed by atoms with Gasteiger partial charge in [-0.05, 0) is 18.6 Å². The summed E-state index contributed by atoms with van der Waals surface area (Å²) in [5.74, 6) is 0. The lowest BCUT2D eigenvalue weighted by Gasteiger charge is -2.33. The van der Waals surface area contributed by atoms with E-state index in [1.165, 1.54) is 0 Å². The molecule has 5 heteroatoms. The summed E-state index contributed by atoms with van der Waals surface area (Å²) in [7, 11) is 0. The van der Waals surface area contributed by atoms with Crippen molar-refractivity contribution in [2.45, 2.75) is 19.4 Å². The average molecular weight is 218 g/mol. The van der Waals surface area contributed by atoms with Crippen molar-refractivity contribution in [3.8, 4) is 0 Å². The van der Waals surface area contributed by atoms with Gasteiger partial charge in [0.2, 0.25) is 0 Å². The maximum absolute atomic E-state index is 8.95. The van der Waals surface area contributed by atoms with Crippen molar-refractivity contribution in [2.75, 3.05) is 32.8 Å². The predicted octanol–water partition coefficient (Wildman–Crippen LogP) is -0.0360. The molecule has 1 fully saturated rings. The normalized spacial score (nSPS) is 22.1. The topological polar surface area (TPSA) is 44.7 Å². The lowest BCUT2D eigenvalue weighted by Crippen LogP contribution is -2.50. The van der Waals surface area contributed by atoms with E-state index in [1.54, 1.807) is 0 Å². The highest BCUT2D eigenvalue weighted by molar-refractivity contribution is 7.80. The van der Waals surface area contributed by atoms with E-state index in [1.807, 2.05) is 0 Å². The largest absolute Gasteiger partial charge is 0.394 e. The van der Waals surface area contributed by atoms with Gasteiger partial charge in [-0.15, -0.1) is 0 Å². The van der Waals surface area contributed by atoms with Gasteiger partial charge in [-0.3, -0.25) is 0 Å². The van der Waals surface area contributed by atoms with Gasteiger partial charge in [-0.2, -0.15) is 0 Å². The van der Waals surface area contributed by atoms with Crippen LogP contribution in [0.2, 0.25) is 0 Å². The Morgan fingerprint density at radius 3 is 3.14 bits per heavy atom. The standard InChI is InChI=1S/C9H18N2O2S/c1-2-3-10-9(14)11-4-5-13-8(6-11)7-12/h8,12H,2-7H2,1H3,(H,10,14). The number of aliphatic hydroxyl groups excluding tert-OH is 1. The monoisotopic (exact) mass is 218 g/mol. The van der Waals surface area contributed by atoms with Crippen LogP contribution in [-0.4, -0.2) is 54.1 Å². The van der Waals surface area contributed by atoms with E-state index in [-0.39, 0.29) is 12.7 Å². The van der Waals surface area contributed by atoms with Crippen molar-refractivity contribution in [3.63, 3.8) is 0 Å². The molecule has 2 N–H and O–H groups in total. The molecule has 1 unspecified atom stereocenters. The van der Waals surface area contributed by atoms with Crippen molar-refractivity contribution < 1.29 is 9.84 Å². The molecule has 0 bridgehead atoms. The van der Waals surface area contributed by atoms with Crippen LogP contribution in [0, 0.1) is 0 Å². The molecule has 1 saturated heterocycles. The molecule has 0 aliphatic carbocycles. The summed E-state index contributed by atoms with van der Waals surface area (Å²) in [4.78, 5) is 2.05. The van der Waals surface area contributed by atoms with Crippen LogP contribution in [0.15, 0.2) is 0 Å².